The van der Waals surface area contributed by atoms with E-state index < -0.39 is 10.0 Å². The third kappa shape index (κ3) is 5.68. The SMILES string of the molecule is CCCCc1ccc(NC(=O)c2ccc(S(=O)(=O)NC(C)C)cc2)cc1. The molecule has 0 saturated heterocycles. The molecule has 0 bridgehead atoms. The Labute approximate surface area is 155 Å². The summed E-state index contributed by atoms with van der Waals surface area (Å²) in [5, 5.41) is 2.83. The Hall–Kier alpha value is -2.18. The van der Waals surface area contributed by atoms with Crippen LogP contribution < -0.4 is 10.0 Å². The number of hydrogen-bond acceptors (Lipinski definition) is 3. The summed E-state index contributed by atoms with van der Waals surface area (Å²) in [7, 11) is -3.56. The molecular formula is C20H26N2O3S. The first-order valence-electron chi connectivity index (χ1n) is 8.84. The first-order valence-corrected chi connectivity index (χ1v) is 10.3. The molecule has 2 aromatic rings. The Morgan fingerprint density at radius 2 is 1.62 bits per heavy atom. The molecule has 0 aliphatic carbocycles. The molecular weight excluding hydrogens is 348 g/mol. The number of hydrogen-bond donors (Lipinski definition) is 2. The van der Waals surface area contributed by atoms with Crippen LogP contribution in [0, 0.1) is 0 Å². The van der Waals surface area contributed by atoms with Gasteiger partial charge < -0.3 is 5.32 Å². The van der Waals surface area contributed by atoms with E-state index in [1.54, 1.807) is 13.8 Å². The topological polar surface area (TPSA) is 75.3 Å². The van der Waals surface area contributed by atoms with Crippen molar-refractivity contribution in [2.45, 2.75) is 51.0 Å². The molecule has 0 aromatic heterocycles. The maximum Gasteiger partial charge on any atom is 0.255 e. The summed E-state index contributed by atoms with van der Waals surface area (Å²) in [6.07, 6.45) is 3.33. The van der Waals surface area contributed by atoms with Crippen molar-refractivity contribution in [2.75, 3.05) is 5.32 Å². The number of rotatable bonds is 8. The lowest BCUT2D eigenvalue weighted by Gasteiger charge is -2.10. The van der Waals surface area contributed by atoms with Crippen molar-refractivity contribution in [3.63, 3.8) is 0 Å². The highest BCUT2D eigenvalue weighted by Crippen LogP contribution is 2.15. The van der Waals surface area contributed by atoms with Gasteiger partial charge in [-0.2, -0.15) is 0 Å². The zero-order valence-electron chi connectivity index (χ0n) is 15.5. The van der Waals surface area contributed by atoms with E-state index in [1.807, 2.05) is 24.3 Å². The number of sulfonamides is 1. The van der Waals surface area contributed by atoms with Crippen molar-refractivity contribution >= 4 is 21.6 Å². The summed E-state index contributed by atoms with van der Waals surface area (Å²) in [4.78, 5) is 12.5. The van der Waals surface area contributed by atoms with E-state index in [4.69, 9.17) is 0 Å². The van der Waals surface area contributed by atoms with E-state index in [0.717, 1.165) is 19.3 Å². The van der Waals surface area contributed by atoms with Gasteiger partial charge in [-0.1, -0.05) is 25.5 Å². The lowest BCUT2D eigenvalue weighted by atomic mass is 10.1. The molecule has 0 atom stereocenters. The van der Waals surface area contributed by atoms with Crippen LogP contribution in [0.5, 0.6) is 0 Å². The van der Waals surface area contributed by atoms with Crippen LogP contribution >= 0.6 is 0 Å². The van der Waals surface area contributed by atoms with Gasteiger partial charge in [-0.25, -0.2) is 13.1 Å². The lowest BCUT2D eigenvalue weighted by Crippen LogP contribution is -2.30. The molecule has 2 aromatic carbocycles. The van der Waals surface area contributed by atoms with Crippen molar-refractivity contribution in [1.82, 2.24) is 4.72 Å². The molecule has 6 heteroatoms. The Morgan fingerprint density at radius 1 is 1.00 bits per heavy atom. The predicted molar refractivity (Wildman–Crippen MR) is 105 cm³/mol. The van der Waals surface area contributed by atoms with Crippen LogP contribution in [0.4, 0.5) is 5.69 Å². The van der Waals surface area contributed by atoms with Crippen molar-refractivity contribution in [3.8, 4) is 0 Å². The Morgan fingerprint density at radius 3 is 2.15 bits per heavy atom. The number of unbranched alkanes of at least 4 members (excludes halogenated alkanes) is 1. The van der Waals surface area contributed by atoms with Gasteiger partial charge in [0.25, 0.3) is 5.91 Å². The van der Waals surface area contributed by atoms with E-state index in [9.17, 15) is 13.2 Å². The highest BCUT2D eigenvalue weighted by Gasteiger charge is 2.16. The van der Waals surface area contributed by atoms with E-state index in [1.165, 1.54) is 29.8 Å². The third-order valence-corrected chi connectivity index (χ3v) is 5.52. The summed E-state index contributed by atoms with van der Waals surface area (Å²) in [5.74, 6) is -0.271. The molecule has 26 heavy (non-hydrogen) atoms. The summed E-state index contributed by atoms with van der Waals surface area (Å²) in [6.45, 7) is 5.67. The number of carbonyl (C=O) groups is 1. The molecule has 5 nitrogen and oxygen atoms in total. The Balaban J connectivity index is 2.04. The highest BCUT2D eigenvalue weighted by molar-refractivity contribution is 7.89. The van der Waals surface area contributed by atoms with Crippen LogP contribution in [0.25, 0.3) is 0 Å². The maximum absolute atomic E-state index is 12.3. The minimum Gasteiger partial charge on any atom is -0.322 e. The molecule has 0 unspecified atom stereocenters. The minimum atomic E-state index is -3.56. The van der Waals surface area contributed by atoms with Crippen LogP contribution in [0.3, 0.4) is 0 Å². The van der Waals surface area contributed by atoms with Gasteiger partial charge in [0, 0.05) is 17.3 Å². The summed E-state index contributed by atoms with van der Waals surface area (Å²) in [6, 6.07) is 13.5. The second kappa shape index (κ2) is 8.96. The Bertz CT molecular complexity index is 826. The summed E-state index contributed by atoms with van der Waals surface area (Å²) < 4.78 is 26.7. The second-order valence-corrected chi connectivity index (χ2v) is 8.27. The number of carbonyl (C=O) groups excluding carboxylic acids is 1. The average Bonchev–Trinajstić information content (AvgIpc) is 2.60. The first-order chi connectivity index (χ1) is 12.3. The normalized spacial score (nSPS) is 11.5. The standard InChI is InChI=1S/C20H26N2O3S/c1-4-5-6-16-7-11-18(12-8-16)21-20(23)17-9-13-19(14-10-17)26(24,25)22-15(2)3/h7-15,22H,4-6H2,1-3H3,(H,21,23). The number of amides is 1. The zero-order valence-corrected chi connectivity index (χ0v) is 16.3. The smallest absolute Gasteiger partial charge is 0.255 e. The van der Waals surface area contributed by atoms with Crippen LogP contribution in [0.15, 0.2) is 53.4 Å². The van der Waals surface area contributed by atoms with Gasteiger partial charge in [-0.15, -0.1) is 0 Å². The van der Waals surface area contributed by atoms with Crippen molar-refractivity contribution < 1.29 is 13.2 Å². The molecule has 0 spiro atoms. The van der Waals surface area contributed by atoms with Crippen LogP contribution in [-0.4, -0.2) is 20.4 Å². The molecule has 1 amide bonds. The van der Waals surface area contributed by atoms with Crippen molar-refractivity contribution in [1.29, 1.82) is 0 Å². The molecule has 0 saturated carbocycles. The fourth-order valence-electron chi connectivity index (χ4n) is 2.50. The van der Waals surface area contributed by atoms with E-state index >= 15 is 0 Å². The van der Waals surface area contributed by atoms with Crippen LogP contribution in [0.1, 0.15) is 49.5 Å². The maximum atomic E-state index is 12.3. The van der Waals surface area contributed by atoms with E-state index in [-0.39, 0.29) is 16.8 Å². The molecule has 0 radical (unpaired) electrons. The average molecular weight is 375 g/mol. The number of benzene rings is 2. The third-order valence-electron chi connectivity index (χ3n) is 3.85. The molecule has 2 N–H and O–H groups in total. The molecule has 140 valence electrons. The van der Waals surface area contributed by atoms with Crippen molar-refractivity contribution in [3.05, 3.63) is 59.7 Å². The summed E-state index contributed by atoms with van der Waals surface area (Å²) >= 11 is 0. The fraction of sp³-hybridized carbons (Fsp3) is 0.350. The largest absolute Gasteiger partial charge is 0.322 e. The molecule has 0 aliphatic rings. The minimum absolute atomic E-state index is 0.142. The monoisotopic (exact) mass is 374 g/mol. The number of aryl methyl sites for hydroxylation is 1. The van der Waals surface area contributed by atoms with Gasteiger partial charge >= 0.3 is 0 Å². The molecule has 2 rings (SSSR count). The molecule has 0 heterocycles. The van der Waals surface area contributed by atoms with Crippen LogP contribution in [-0.2, 0) is 16.4 Å². The molecule has 0 aliphatic heterocycles. The predicted octanol–water partition coefficient (Wildman–Crippen LogP) is 3.97. The van der Waals surface area contributed by atoms with E-state index in [0.29, 0.717) is 11.3 Å². The van der Waals surface area contributed by atoms with Crippen LogP contribution in [0.2, 0.25) is 0 Å². The van der Waals surface area contributed by atoms with Gasteiger partial charge in [-0.05, 0) is 68.7 Å². The molecule has 0 fully saturated rings. The van der Waals surface area contributed by atoms with E-state index in [2.05, 4.69) is 17.0 Å². The van der Waals surface area contributed by atoms with Gasteiger partial charge in [0.1, 0.15) is 0 Å². The zero-order chi connectivity index (χ0) is 19.2. The van der Waals surface area contributed by atoms with Gasteiger partial charge in [0.05, 0.1) is 4.90 Å². The number of anilines is 1. The fourth-order valence-corrected chi connectivity index (χ4v) is 3.75. The first kappa shape index (κ1) is 20.1. The lowest BCUT2D eigenvalue weighted by molar-refractivity contribution is 0.102. The van der Waals surface area contributed by atoms with Gasteiger partial charge in [0.15, 0.2) is 0 Å². The second-order valence-electron chi connectivity index (χ2n) is 6.55. The number of nitrogens with one attached hydrogen (secondary N) is 2. The summed E-state index contributed by atoms with van der Waals surface area (Å²) in [5.41, 5.74) is 2.37. The van der Waals surface area contributed by atoms with Gasteiger partial charge in [-0.3, -0.25) is 4.79 Å². The Kier molecular flexibility index (Phi) is 6.94. The van der Waals surface area contributed by atoms with Gasteiger partial charge in [0.2, 0.25) is 10.0 Å². The van der Waals surface area contributed by atoms with Crippen molar-refractivity contribution in [2.24, 2.45) is 0 Å². The highest BCUT2D eigenvalue weighted by atomic mass is 32.2. The quantitative estimate of drug-likeness (QED) is 0.734.